The maximum atomic E-state index is 13.4. The number of aromatic nitrogens is 2. The maximum absolute atomic E-state index is 13.4. The number of H-pyrrole nitrogens is 1. The summed E-state index contributed by atoms with van der Waals surface area (Å²) in [7, 11) is 0. The number of aromatic carboxylic acids is 1. The molecule has 0 saturated carbocycles. The molecule has 19 heavy (non-hydrogen) atoms. The van der Waals surface area contributed by atoms with Crippen LogP contribution in [0.4, 0.5) is 4.39 Å². The third-order valence-electron chi connectivity index (χ3n) is 2.24. The maximum Gasteiger partial charge on any atom is 0.342 e. The van der Waals surface area contributed by atoms with Crippen molar-refractivity contribution in [2.45, 2.75) is 6.92 Å². The highest BCUT2D eigenvalue weighted by Crippen LogP contribution is 2.25. The number of aryl methyl sites for hydroxylation is 1. The number of aromatic amines is 1. The molecule has 6 nitrogen and oxygen atoms in total. The molecule has 7 heteroatoms. The minimum Gasteiger partial charge on any atom is -0.477 e. The number of hydrogen-bond donors (Lipinski definition) is 2. The molecule has 2 N–H and O–H groups in total. The third-order valence-corrected chi connectivity index (χ3v) is 2.24. The normalized spacial score (nSPS) is 10.2. The van der Waals surface area contributed by atoms with Crippen molar-refractivity contribution in [2.24, 2.45) is 0 Å². The van der Waals surface area contributed by atoms with Gasteiger partial charge in [-0.1, -0.05) is 6.07 Å². The molecule has 0 saturated heterocycles. The molecule has 0 aliphatic carbocycles. The lowest BCUT2D eigenvalue weighted by molar-refractivity contribution is 0.0689. The first-order chi connectivity index (χ1) is 8.97. The zero-order valence-electron chi connectivity index (χ0n) is 9.81. The van der Waals surface area contributed by atoms with Crippen molar-refractivity contribution in [3.8, 4) is 11.6 Å². The Kier molecular flexibility index (Phi) is 3.28. The first-order valence-corrected chi connectivity index (χ1v) is 5.25. The second kappa shape index (κ2) is 4.89. The van der Waals surface area contributed by atoms with E-state index in [2.05, 4.69) is 9.97 Å². The van der Waals surface area contributed by atoms with Gasteiger partial charge in [0.25, 0.3) is 5.56 Å². The number of halogens is 1. The largest absolute Gasteiger partial charge is 0.477 e. The quantitative estimate of drug-likeness (QED) is 0.880. The minimum absolute atomic E-state index is 0.102. The highest BCUT2D eigenvalue weighted by atomic mass is 19.1. The van der Waals surface area contributed by atoms with Crippen LogP contribution in [0.5, 0.6) is 11.6 Å². The summed E-state index contributed by atoms with van der Waals surface area (Å²) < 4.78 is 18.6. The van der Waals surface area contributed by atoms with Gasteiger partial charge in [0.2, 0.25) is 5.88 Å². The van der Waals surface area contributed by atoms with Gasteiger partial charge in [0.05, 0.1) is 6.07 Å². The van der Waals surface area contributed by atoms with Crippen LogP contribution in [0, 0.1) is 12.7 Å². The van der Waals surface area contributed by atoms with Crippen LogP contribution in [0.3, 0.4) is 0 Å². The topological polar surface area (TPSA) is 92.3 Å². The first kappa shape index (κ1) is 12.7. The van der Waals surface area contributed by atoms with E-state index in [0.717, 1.165) is 12.1 Å². The Bertz CT molecular complexity index is 696. The molecule has 98 valence electrons. The van der Waals surface area contributed by atoms with Gasteiger partial charge in [-0.15, -0.1) is 0 Å². The molecule has 0 fully saturated rings. The van der Waals surface area contributed by atoms with Gasteiger partial charge in [0.15, 0.2) is 0 Å². The smallest absolute Gasteiger partial charge is 0.342 e. The van der Waals surface area contributed by atoms with E-state index in [1.54, 1.807) is 0 Å². The van der Waals surface area contributed by atoms with Crippen molar-refractivity contribution in [2.75, 3.05) is 0 Å². The molecule has 2 aromatic rings. The lowest BCUT2D eigenvalue weighted by Crippen LogP contribution is -2.09. The molecule has 2 rings (SSSR count). The lowest BCUT2D eigenvalue weighted by atomic mass is 10.2. The Morgan fingerprint density at radius 3 is 2.84 bits per heavy atom. The first-order valence-electron chi connectivity index (χ1n) is 5.25. The van der Waals surface area contributed by atoms with E-state index in [9.17, 15) is 14.0 Å². The van der Waals surface area contributed by atoms with E-state index < -0.39 is 22.9 Å². The Balaban J connectivity index is 2.46. The van der Waals surface area contributed by atoms with Crippen LogP contribution in [-0.4, -0.2) is 21.0 Å². The molecule has 1 aromatic carbocycles. The molecule has 0 unspecified atom stereocenters. The number of ether oxygens (including phenoxy) is 1. The molecular weight excluding hydrogens is 255 g/mol. The SMILES string of the molecule is Cc1nc(Oc2cccc(F)c2C(=O)O)cc(=O)[nH]1. The van der Waals surface area contributed by atoms with Crippen molar-refractivity contribution < 1.29 is 19.0 Å². The Morgan fingerprint density at radius 1 is 1.47 bits per heavy atom. The molecule has 0 radical (unpaired) electrons. The van der Waals surface area contributed by atoms with Gasteiger partial charge in [-0.2, -0.15) is 0 Å². The summed E-state index contributed by atoms with van der Waals surface area (Å²) in [5, 5.41) is 8.93. The average Bonchev–Trinajstić information content (AvgIpc) is 2.26. The van der Waals surface area contributed by atoms with E-state index in [1.807, 2.05) is 0 Å². The van der Waals surface area contributed by atoms with Crippen LogP contribution in [0.1, 0.15) is 16.2 Å². The van der Waals surface area contributed by atoms with Crippen LogP contribution < -0.4 is 10.3 Å². The summed E-state index contributed by atoms with van der Waals surface area (Å²) in [5.74, 6) is -2.41. The molecule has 0 bridgehead atoms. The number of nitrogens with one attached hydrogen (secondary N) is 1. The molecule has 1 aromatic heterocycles. The van der Waals surface area contributed by atoms with E-state index in [4.69, 9.17) is 9.84 Å². The summed E-state index contributed by atoms with van der Waals surface area (Å²) in [6.07, 6.45) is 0. The zero-order valence-corrected chi connectivity index (χ0v) is 9.81. The number of carboxylic acid groups (broad SMARTS) is 1. The van der Waals surface area contributed by atoms with Crippen molar-refractivity contribution >= 4 is 5.97 Å². The van der Waals surface area contributed by atoms with Gasteiger partial charge in [-0.3, -0.25) is 4.79 Å². The zero-order chi connectivity index (χ0) is 14.0. The van der Waals surface area contributed by atoms with Crippen molar-refractivity contribution in [3.05, 3.63) is 51.8 Å². The number of carbonyl (C=O) groups is 1. The standard InChI is InChI=1S/C12H9FN2O4/c1-6-14-9(16)5-10(15-6)19-8-4-2-3-7(13)11(8)12(17)18/h2-5H,1H3,(H,17,18)(H,14,15,16). The molecular formula is C12H9FN2O4. The molecule has 0 aliphatic heterocycles. The highest BCUT2D eigenvalue weighted by Gasteiger charge is 2.18. The Labute approximate surface area is 106 Å². The van der Waals surface area contributed by atoms with Gasteiger partial charge in [-0.05, 0) is 19.1 Å². The minimum atomic E-state index is -1.46. The van der Waals surface area contributed by atoms with Crippen molar-refractivity contribution in [3.63, 3.8) is 0 Å². The fourth-order valence-corrected chi connectivity index (χ4v) is 1.51. The summed E-state index contributed by atoms with van der Waals surface area (Å²) in [5.41, 5.74) is -1.06. The molecule has 0 spiro atoms. The predicted octanol–water partition coefficient (Wildman–Crippen LogP) is 1.71. The summed E-state index contributed by atoms with van der Waals surface area (Å²) in [4.78, 5) is 28.5. The number of hydrogen-bond acceptors (Lipinski definition) is 4. The van der Waals surface area contributed by atoms with Crippen LogP contribution in [-0.2, 0) is 0 Å². The van der Waals surface area contributed by atoms with Gasteiger partial charge < -0.3 is 14.8 Å². The van der Waals surface area contributed by atoms with Crippen LogP contribution in [0.25, 0.3) is 0 Å². The molecule has 0 amide bonds. The van der Waals surface area contributed by atoms with Crippen LogP contribution in [0.2, 0.25) is 0 Å². The summed E-state index contributed by atoms with van der Waals surface area (Å²) in [6, 6.07) is 4.64. The fraction of sp³-hybridized carbons (Fsp3) is 0.0833. The third kappa shape index (κ3) is 2.76. The second-order valence-electron chi connectivity index (χ2n) is 3.69. The fourth-order valence-electron chi connectivity index (χ4n) is 1.51. The summed E-state index contributed by atoms with van der Waals surface area (Å²) in [6.45, 7) is 1.54. The van der Waals surface area contributed by atoms with Gasteiger partial charge in [0, 0.05) is 0 Å². The van der Waals surface area contributed by atoms with E-state index in [-0.39, 0.29) is 11.6 Å². The molecule has 0 aliphatic rings. The van der Waals surface area contributed by atoms with Gasteiger partial charge >= 0.3 is 5.97 Å². The average molecular weight is 264 g/mol. The Morgan fingerprint density at radius 2 is 2.21 bits per heavy atom. The van der Waals surface area contributed by atoms with Crippen LogP contribution in [0.15, 0.2) is 29.1 Å². The van der Waals surface area contributed by atoms with E-state index in [1.165, 1.54) is 19.1 Å². The number of carboxylic acids is 1. The number of rotatable bonds is 3. The van der Waals surface area contributed by atoms with Gasteiger partial charge in [-0.25, -0.2) is 14.2 Å². The predicted molar refractivity (Wildman–Crippen MR) is 63.0 cm³/mol. The van der Waals surface area contributed by atoms with Gasteiger partial charge in [0.1, 0.15) is 23.0 Å². The highest BCUT2D eigenvalue weighted by molar-refractivity contribution is 5.91. The van der Waals surface area contributed by atoms with Crippen molar-refractivity contribution in [1.29, 1.82) is 0 Å². The monoisotopic (exact) mass is 264 g/mol. The molecule has 0 atom stereocenters. The number of benzene rings is 1. The molecule has 1 heterocycles. The Hall–Kier alpha value is -2.70. The van der Waals surface area contributed by atoms with Crippen LogP contribution >= 0.6 is 0 Å². The number of nitrogens with zero attached hydrogens (tertiary/aromatic N) is 1. The van der Waals surface area contributed by atoms with Crippen molar-refractivity contribution in [1.82, 2.24) is 9.97 Å². The van der Waals surface area contributed by atoms with E-state index in [0.29, 0.717) is 5.82 Å². The second-order valence-corrected chi connectivity index (χ2v) is 3.69. The summed E-state index contributed by atoms with van der Waals surface area (Å²) >= 11 is 0. The van der Waals surface area contributed by atoms with E-state index >= 15 is 0 Å². The lowest BCUT2D eigenvalue weighted by Gasteiger charge is -2.08.